The Morgan fingerprint density at radius 3 is 1.53 bits per heavy atom. The Hall–Kier alpha value is -1.06. The summed E-state index contributed by atoms with van der Waals surface area (Å²) in [5.74, 6) is 0.0413. The lowest BCUT2D eigenvalue weighted by Crippen LogP contribution is -2.37. The minimum atomic E-state index is 0.0207. The summed E-state index contributed by atoms with van der Waals surface area (Å²) in [5.41, 5.74) is 0. The van der Waals surface area contributed by atoms with Crippen molar-refractivity contribution < 1.29 is 9.59 Å². The fourth-order valence-corrected chi connectivity index (χ4v) is 1.49. The van der Waals surface area contributed by atoms with Crippen LogP contribution in [0.25, 0.3) is 0 Å². The van der Waals surface area contributed by atoms with E-state index >= 15 is 0 Å². The van der Waals surface area contributed by atoms with Crippen LogP contribution in [0.2, 0.25) is 0 Å². The van der Waals surface area contributed by atoms with E-state index in [1.54, 1.807) is 0 Å². The highest BCUT2D eigenvalue weighted by Crippen LogP contribution is 1.98. The van der Waals surface area contributed by atoms with Gasteiger partial charge in [-0.3, -0.25) is 9.59 Å². The van der Waals surface area contributed by atoms with Crippen molar-refractivity contribution in [1.82, 2.24) is 10.6 Å². The molecule has 0 atom stereocenters. The molecule has 0 aliphatic carbocycles. The van der Waals surface area contributed by atoms with Crippen LogP contribution in [0.15, 0.2) is 0 Å². The van der Waals surface area contributed by atoms with Crippen molar-refractivity contribution in [3.63, 3.8) is 0 Å². The monoisotopic (exact) mass is 242 g/mol. The van der Waals surface area contributed by atoms with Crippen LogP contribution < -0.4 is 10.6 Å². The maximum Gasteiger partial charge on any atom is 0.221 e. The van der Waals surface area contributed by atoms with Gasteiger partial charge in [0.1, 0.15) is 0 Å². The number of nitrogens with one attached hydrogen (secondary N) is 2. The second kappa shape index (κ2) is 11.4. The van der Waals surface area contributed by atoms with Gasteiger partial charge in [-0.1, -0.05) is 39.5 Å². The number of carbonyl (C=O) groups excluding carboxylic acids is 2. The fourth-order valence-electron chi connectivity index (χ4n) is 1.49. The van der Waals surface area contributed by atoms with Crippen molar-refractivity contribution >= 4 is 11.8 Å². The average Bonchev–Trinajstić information content (AvgIpc) is 2.30. The highest BCUT2D eigenvalue weighted by molar-refractivity contribution is 5.78. The standard InChI is InChI=1S/C13H26N2O2/c1-3-5-7-9-12(16)14-11-15-13(17)10-8-6-4-2/h3-11H2,1-2H3,(H,14,16)(H,15,17). The van der Waals surface area contributed by atoms with Crippen molar-refractivity contribution in [2.45, 2.75) is 65.2 Å². The first kappa shape index (κ1) is 15.9. The highest BCUT2D eigenvalue weighted by atomic mass is 16.2. The van der Waals surface area contributed by atoms with Gasteiger partial charge in [-0.25, -0.2) is 0 Å². The van der Waals surface area contributed by atoms with Gasteiger partial charge >= 0.3 is 0 Å². The lowest BCUT2D eigenvalue weighted by atomic mass is 10.2. The molecule has 0 spiro atoms. The number of amides is 2. The first-order valence-electron chi connectivity index (χ1n) is 6.74. The van der Waals surface area contributed by atoms with Crippen molar-refractivity contribution in [1.29, 1.82) is 0 Å². The topological polar surface area (TPSA) is 58.2 Å². The van der Waals surface area contributed by atoms with Gasteiger partial charge in [0, 0.05) is 12.8 Å². The lowest BCUT2D eigenvalue weighted by Gasteiger charge is -2.07. The van der Waals surface area contributed by atoms with Crippen molar-refractivity contribution in [2.24, 2.45) is 0 Å². The molecule has 0 aromatic heterocycles. The average molecular weight is 242 g/mol. The normalized spacial score (nSPS) is 10.0. The molecule has 0 aromatic rings. The van der Waals surface area contributed by atoms with Gasteiger partial charge in [-0.15, -0.1) is 0 Å². The Balaban J connectivity index is 3.36. The quantitative estimate of drug-likeness (QED) is 0.456. The molecule has 4 nitrogen and oxygen atoms in total. The van der Waals surface area contributed by atoms with Crippen LogP contribution in [-0.2, 0) is 9.59 Å². The molecule has 0 aliphatic heterocycles. The SMILES string of the molecule is CCCCCC(=O)NCNC(=O)CCCCC. The Labute approximate surface area is 105 Å². The van der Waals surface area contributed by atoms with Gasteiger partial charge in [0.15, 0.2) is 0 Å². The molecule has 0 heterocycles. The van der Waals surface area contributed by atoms with Crippen LogP contribution in [0.4, 0.5) is 0 Å². The van der Waals surface area contributed by atoms with E-state index in [0.29, 0.717) is 12.8 Å². The van der Waals surface area contributed by atoms with Crippen LogP contribution in [0.5, 0.6) is 0 Å². The molecule has 2 N–H and O–H groups in total. The van der Waals surface area contributed by atoms with E-state index in [4.69, 9.17) is 0 Å². The summed E-state index contributed by atoms with van der Waals surface area (Å²) < 4.78 is 0. The molecule has 0 radical (unpaired) electrons. The number of carbonyl (C=O) groups is 2. The lowest BCUT2D eigenvalue weighted by molar-refractivity contribution is -0.122. The third kappa shape index (κ3) is 11.2. The first-order valence-corrected chi connectivity index (χ1v) is 6.74. The van der Waals surface area contributed by atoms with E-state index in [1.807, 2.05) is 0 Å². The maximum atomic E-state index is 11.3. The molecule has 0 aromatic carbocycles. The van der Waals surface area contributed by atoms with Gasteiger partial charge < -0.3 is 10.6 Å². The van der Waals surface area contributed by atoms with E-state index in [9.17, 15) is 9.59 Å². The Morgan fingerprint density at radius 1 is 0.765 bits per heavy atom. The third-order valence-electron chi connectivity index (χ3n) is 2.59. The van der Waals surface area contributed by atoms with Crippen LogP contribution >= 0.6 is 0 Å². The molecule has 4 heteroatoms. The van der Waals surface area contributed by atoms with E-state index < -0.39 is 0 Å². The zero-order chi connectivity index (χ0) is 12.9. The summed E-state index contributed by atoms with van der Waals surface area (Å²) in [6.45, 7) is 4.47. The zero-order valence-electron chi connectivity index (χ0n) is 11.2. The van der Waals surface area contributed by atoms with E-state index in [0.717, 1.165) is 38.5 Å². The summed E-state index contributed by atoms with van der Waals surface area (Å²) >= 11 is 0. The number of rotatable bonds is 10. The molecule has 0 bridgehead atoms. The summed E-state index contributed by atoms with van der Waals surface area (Å²) in [5, 5.41) is 5.38. The molecule has 0 fully saturated rings. The molecule has 0 unspecified atom stereocenters. The van der Waals surface area contributed by atoms with Gasteiger partial charge in [0.05, 0.1) is 6.67 Å². The molecule has 0 rings (SSSR count). The second-order valence-corrected chi connectivity index (χ2v) is 4.29. The maximum absolute atomic E-state index is 11.3. The zero-order valence-corrected chi connectivity index (χ0v) is 11.2. The van der Waals surface area contributed by atoms with Crippen LogP contribution in [-0.4, -0.2) is 18.5 Å². The Morgan fingerprint density at radius 2 is 1.18 bits per heavy atom. The molecule has 0 saturated carbocycles. The Kier molecular flexibility index (Phi) is 10.7. The van der Waals surface area contributed by atoms with Gasteiger partial charge in [0.25, 0.3) is 0 Å². The van der Waals surface area contributed by atoms with Crippen molar-refractivity contribution in [3.8, 4) is 0 Å². The fraction of sp³-hybridized carbons (Fsp3) is 0.846. The van der Waals surface area contributed by atoms with E-state index in [1.165, 1.54) is 0 Å². The molecule has 2 amide bonds. The molecular weight excluding hydrogens is 216 g/mol. The molecule has 0 aliphatic rings. The molecule has 0 saturated heterocycles. The minimum Gasteiger partial charge on any atom is -0.339 e. The third-order valence-corrected chi connectivity index (χ3v) is 2.59. The molecule has 17 heavy (non-hydrogen) atoms. The smallest absolute Gasteiger partial charge is 0.221 e. The number of unbranched alkanes of at least 4 members (excludes halogenated alkanes) is 4. The summed E-state index contributed by atoms with van der Waals surface area (Å²) in [7, 11) is 0. The van der Waals surface area contributed by atoms with Crippen LogP contribution in [0, 0.1) is 0 Å². The minimum absolute atomic E-state index is 0.0207. The van der Waals surface area contributed by atoms with Gasteiger partial charge in [-0.05, 0) is 12.8 Å². The number of hydrogen-bond acceptors (Lipinski definition) is 2. The summed E-state index contributed by atoms with van der Waals surface area (Å²) in [6, 6.07) is 0. The van der Waals surface area contributed by atoms with Crippen LogP contribution in [0.1, 0.15) is 65.2 Å². The summed E-state index contributed by atoms with van der Waals surface area (Å²) in [4.78, 5) is 22.6. The van der Waals surface area contributed by atoms with Crippen molar-refractivity contribution in [2.75, 3.05) is 6.67 Å². The Bertz CT molecular complexity index is 195. The first-order chi connectivity index (χ1) is 8.20. The van der Waals surface area contributed by atoms with Crippen molar-refractivity contribution in [3.05, 3.63) is 0 Å². The van der Waals surface area contributed by atoms with Gasteiger partial charge in [0.2, 0.25) is 11.8 Å². The van der Waals surface area contributed by atoms with E-state index in [2.05, 4.69) is 24.5 Å². The molecular formula is C13H26N2O2. The number of hydrogen-bond donors (Lipinski definition) is 2. The second-order valence-electron chi connectivity index (χ2n) is 4.29. The van der Waals surface area contributed by atoms with Crippen LogP contribution in [0.3, 0.4) is 0 Å². The predicted octanol–water partition coefficient (Wildman–Crippen LogP) is 2.34. The summed E-state index contributed by atoms with van der Waals surface area (Å²) in [6.07, 6.45) is 7.34. The van der Waals surface area contributed by atoms with E-state index in [-0.39, 0.29) is 18.5 Å². The van der Waals surface area contributed by atoms with Gasteiger partial charge in [-0.2, -0.15) is 0 Å². The molecule has 100 valence electrons. The predicted molar refractivity (Wildman–Crippen MR) is 69.4 cm³/mol. The highest BCUT2D eigenvalue weighted by Gasteiger charge is 2.02. The largest absolute Gasteiger partial charge is 0.339 e.